The minimum atomic E-state index is 0.650. The van der Waals surface area contributed by atoms with Gasteiger partial charge in [0.1, 0.15) is 0 Å². The molecule has 10 aromatic rings. The molecular formula is C46H30N4. The van der Waals surface area contributed by atoms with Crippen LogP contribution in [0.25, 0.3) is 88.6 Å². The molecule has 0 N–H and O–H groups in total. The Morgan fingerprint density at radius 1 is 0.340 bits per heavy atom. The Hall–Kier alpha value is -6.78. The first-order chi connectivity index (χ1) is 24.8. The van der Waals surface area contributed by atoms with Gasteiger partial charge in [-0.3, -0.25) is 4.57 Å². The molecule has 3 aromatic heterocycles. The molecule has 0 spiro atoms. The number of fused-ring (bicyclic) bond motifs is 7. The van der Waals surface area contributed by atoms with Crippen molar-refractivity contribution in [2.45, 2.75) is 0 Å². The second-order valence-electron chi connectivity index (χ2n) is 12.7. The third-order valence-electron chi connectivity index (χ3n) is 9.85. The highest BCUT2D eigenvalue weighted by Crippen LogP contribution is 2.42. The lowest BCUT2D eigenvalue weighted by atomic mass is 10.0. The SMILES string of the molecule is c1ccc(-c2ccc(-n3c4cc(-c5ccccc5)ccc4c4ccc5c(c6ccccc6n5-c5ncc(-c6ccccc6)cn5)c43)cc2)cc1. The summed E-state index contributed by atoms with van der Waals surface area (Å²) in [4.78, 5) is 9.86. The van der Waals surface area contributed by atoms with Crippen molar-refractivity contribution in [1.29, 1.82) is 0 Å². The number of aromatic nitrogens is 4. The van der Waals surface area contributed by atoms with Crippen LogP contribution in [0.15, 0.2) is 182 Å². The summed E-state index contributed by atoms with van der Waals surface area (Å²) < 4.78 is 4.65. The molecule has 50 heavy (non-hydrogen) atoms. The van der Waals surface area contributed by atoms with Gasteiger partial charge in [-0.05, 0) is 58.1 Å². The molecule has 4 heteroatoms. The summed E-state index contributed by atoms with van der Waals surface area (Å²) in [6.45, 7) is 0. The highest BCUT2D eigenvalue weighted by molar-refractivity contribution is 6.26. The largest absolute Gasteiger partial charge is 0.309 e. The Bertz CT molecular complexity index is 2820. The average Bonchev–Trinajstić information content (AvgIpc) is 3.71. The van der Waals surface area contributed by atoms with Crippen molar-refractivity contribution in [3.8, 4) is 45.0 Å². The smallest absolute Gasteiger partial charge is 0.234 e. The topological polar surface area (TPSA) is 35.6 Å². The highest BCUT2D eigenvalue weighted by Gasteiger charge is 2.22. The number of hydrogen-bond donors (Lipinski definition) is 0. The van der Waals surface area contributed by atoms with E-state index < -0.39 is 0 Å². The maximum Gasteiger partial charge on any atom is 0.234 e. The molecule has 7 aromatic carbocycles. The Labute approximate surface area is 289 Å². The zero-order valence-electron chi connectivity index (χ0n) is 27.1. The van der Waals surface area contributed by atoms with Crippen LogP contribution >= 0.6 is 0 Å². The van der Waals surface area contributed by atoms with Crippen LogP contribution in [0.5, 0.6) is 0 Å². The lowest BCUT2D eigenvalue weighted by Crippen LogP contribution is -2.00. The van der Waals surface area contributed by atoms with E-state index >= 15 is 0 Å². The van der Waals surface area contributed by atoms with Gasteiger partial charge >= 0.3 is 0 Å². The van der Waals surface area contributed by atoms with E-state index in [2.05, 4.69) is 161 Å². The molecule has 3 heterocycles. The minimum absolute atomic E-state index is 0.650. The summed E-state index contributed by atoms with van der Waals surface area (Å²) in [5.74, 6) is 0.650. The van der Waals surface area contributed by atoms with Gasteiger partial charge in [-0.25, -0.2) is 9.97 Å². The lowest BCUT2D eigenvalue weighted by molar-refractivity contribution is 0.990. The molecule has 0 saturated heterocycles. The second-order valence-corrected chi connectivity index (χ2v) is 12.7. The van der Waals surface area contributed by atoms with E-state index in [1.807, 2.05) is 30.6 Å². The van der Waals surface area contributed by atoms with Crippen molar-refractivity contribution in [2.75, 3.05) is 0 Å². The van der Waals surface area contributed by atoms with Crippen LogP contribution in [0.2, 0.25) is 0 Å². The van der Waals surface area contributed by atoms with Gasteiger partial charge in [0.25, 0.3) is 0 Å². The van der Waals surface area contributed by atoms with Gasteiger partial charge in [0.15, 0.2) is 0 Å². The quantitative estimate of drug-likeness (QED) is 0.188. The van der Waals surface area contributed by atoms with Gasteiger partial charge in [0, 0.05) is 45.2 Å². The molecule has 0 amide bonds. The maximum atomic E-state index is 4.93. The Balaban J connectivity index is 1.26. The number of para-hydroxylation sites is 1. The fourth-order valence-electron chi connectivity index (χ4n) is 7.50. The monoisotopic (exact) mass is 638 g/mol. The van der Waals surface area contributed by atoms with E-state index in [1.165, 1.54) is 49.4 Å². The molecule has 234 valence electrons. The third-order valence-corrected chi connectivity index (χ3v) is 9.85. The van der Waals surface area contributed by atoms with E-state index in [4.69, 9.17) is 9.97 Å². The van der Waals surface area contributed by atoms with Crippen molar-refractivity contribution < 1.29 is 0 Å². The molecule has 0 radical (unpaired) electrons. The van der Waals surface area contributed by atoms with Gasteiger partial charge < -0.3 is 4.57 Å². The van der Waals surface area contributed by atoms with Crippen molar-refractivity contribution in [3.63, 3.8) is 0 Å². The zero-order valence-corrected chi connectivity index (χ0v) is 27.1. The normalized spacial score (nSPS) is 11.6. The average molecular weight is 639 g/mol. The molecule has 0 atom stereocenters. The van der Waals surface area contributed by atoms with E-state index in [1.54, 1.807) is 0 Å². The second kappa shape index (κ2) is 11.4. The molecule has 0 saturated carbocycles. The van der Waals surface area contributed by atoms with Gasteiger partial charge in [-0.2, -0.15) is 0 Å². The van der Waals surface area contributed by atoms with Crippen LogP contribution < -0.4 is 0 Å². The first kappa shape index (κ1) is 28.3. The van der Waals surface area contributed by atoms with Crippen LogP contribution in [0.3, 0.4) is 0 Å². The number of nitrogens with zero attached hydrogens (tertiary/aromatic N) is 4. The standard InChI is InChI=1S/C46H30N4/c1-4-12-31(13-5-1)34-20-23-37(24-21-34)49-43-28-35(32-14-6-2-7-15-32)22-25-38(43)39-26-27-42-44(45(39)49)40-18-10-11-19-41(40)50(42)46-47-29-36(30-48-46)33-16-8-3-9-17-33/h1-30H. The summed E-state index contributed by atoms with van der Waals surface area (Å²) in [6.07, 6.45) is 3.85. The molecule has 10 rings (SSSR count). The van der Waals surface area contributed by atoms with Gasteiger partial charge in [0.05, 0.1) is 22.1 Å². The Morgan fingerprint density at radius 2 is 0.880 bits per heavy atom. The summed E-state index contributed by atoms with van der Waals surface area (Å²) in [5, 5.41) is 4.77. The Kier molecular flexibility index (Phi) is 6.46. The summed E-state index contributed by atoms with van der Waals surface area (Å²) in [6, 6.07) is 60.4. The lowest BCUT2D eigenvalue weighted by Gasteiger charge is -2.11. The van der Waals surface area contributed by atoms with Crippen LogP contribution in [0, 0.1) is 0 Å². The van der Waals surface area contributed by atoms with Crippen LogP contribution in [0.4, 0.5) is 0 Å². The summed E-state index contributed by atoms with van der Waals surface area (Å²) in [5.41, 5.74) is 12.5. The Morgan fingerprint density at radius 3 is 1.56 bits per heavy atom. The summed E-state index contributed by atoms with van der Waals surface area (Å²) in [7, 11) is 0. The molecule has 0 unspecified atom stereocenters. The zero-order chi connectivity index (χ0) is 33.0. The first-order valence-corrected chi connectivity index (χ1v) is 16.9. The summed E-state index contributed by atoms with van der Waals surface area (Å²) >= 11 is 0. The van der Waals surface area contributed by atoms with Crippen molar-refractivity contribution >= 4 is 43.6 Å². The van der Waals surface area contributed by atoms with Crippen LogP contribution in [-0.2, 0) is 0 Å². The van der Waals surface area contributed by atoms with Crippen molar-refractivity contribution in [2.24, 2.45) is 0 Å². The fraction of sp³-hybridized carbons (Fsp3) is 0. The van der Waals surface area contributed by atoms with E-state index in [-0.39, 0.29) is 0 Å². The highest BCUT2D eigenvalue weighted by atomic mass is 15.2. The molecule has 0 aliphatic carbocycles. The predicted octanol–water partition coefficient (Wildman–Crippen LogP) is 11.7. The van der Waals surface area contributed by atoms with E-state index in [0.29, 0.717) is 5.95 Å². The fourth-order valence-corrected chi connectivity index (χ4v) is 7.50. The van der Waals surface area contributed by atoms with Crippen LogP contribution in [-0.4, -0.2) is 19.1 Å². The van der Waals surface area contributed by atoms with Crippen molar-refractivity contribution in [3.05, 3.63) is 182 Å². The van der Waals surface area contributed by atoms with Crippen molar-refractivity contribution in [1.82, 2.24) is 19.1 Å². The van der Waals surface area contributed by atoms with Gasteiger partial charge in [-0.1, -0.05) is 140 Å². The maximum absolute atomic E-state index is 4.93. The molecule has 0 aliphatic heterocycles. The molecule has 0 fully saturated rings. The van der Waals surface area contributed by atoms with Gasteiger partial charge in [-0.15, -0.1) is 0 Å². The van der Waals surface area contributed by atoms with Crippen LogP contribution in [0.1, 0.15) is 0 Å². The third kappa shape index (κ3) is 4.46. The molecule has 0 aliphatic rings. The molecule has 4 nitrogen and oxygen atoms in total. The predicted molar refractivity (Wildman–Crippen MR) is 207 cm³/mol. The number of hydrogen-bond acceptors (Lipinski definition) is 2. The molecular weight excluding hydrogens is 609 g/mol. The first-order valence-electron chi connectivity index (χ1n) is 16.9. The number of rotatable bonds is 5. The van der Waals surface area contributed by atoms with E-state index in [9.17, 15) is 0 Å². The van der Waals surface area contributed by atoms with Gasteiger partial charge in [0.2, 0.25) is 5.95 Å². The molecule has 0 bridgehead atoms. The minimum Gasteiger partial charge on any atom is -0.309 e. The number of benzene rings is 7. The van der Waals surface area contributed by atoms with E-state index in [0.717, 1.165) is 33.2 Å².